The van der Waals surface area contributed by atoms with Crippen LogP contribution in [0.25, 0.3) is 0 Å². The molecular weight excluding hydrogens is 288 g/mol. The van der Waals surface area contributed by atoms with Gasteiger partial charge in [-0.25, -0.2) is 4.98 Å². The summed E-state index contributed by atoms with van der Waals surface area (Å²) in [6, 6.07) is 0.414. The van der Waals surface area contributed by atoms with Crippen molar-refractivity contribution in [2.45, 2.75) is 58.0 Å². The van der Waals surface area contributed by atoms with Crippen LogP contribution in [0.1, 0.15) is 51.3 Å². The molecule has 0 aromatic carbocycles. The Morgan fingerprint density at radius 3 is 2.74 bits per heavy atom. The first-order chi connectivity index (χ1) is 11.1. The Balaban J connectivity index is 1.43. The van der Waals surface area contributed by atoms with E-state index in [0.717, 1.165) is 57.1 Å². The Morgan fingerprint density at radius 1 is 1.30 bits per heavy atom. The van der Waals surface area contributed by atoms with E-state index in [9.17, 15) is 4.79 Å². The van der Waals surface area contributed by atoms with Gasteiger partial charge in [-0.3, -0.25) is 9.69 Å². The van der Waals surface area contributed by atoms with Gasteiger partial charge in [0, 0.05) is 31.4 Å². The van der Waals surface area contributed by atoms with E-state index >= 15 is 0 Å². The predicted octanol–water partition coefficient (Wildman–Crippen LogP) is 2.33. The molecule has 2 aliphatic rings. The van der Waals surface area contributed by atoms with E-state index in [0.29, 0.717) is 11.9 Å². The van der Waals surface area contributed by atoms with E-state index in [1.54, 1.807) is 0 Å². The summed E-state index contributed by atoms with van der Waals surface area (Å²) in [5, 5.41) is 3.31. The number of nitrogens with zero attached hydrogens (tertiary/aromatic N) is 3. The molecule has 1 saturated heterocycles. The van der Waals surface area contributed by atoms with Crippen LogP contribution in [0, 0.1) is 11.8 Å². The van der Waals surface area contributed by atoms with Crippen LogP contribution >= 0.6 is 0 Å². The summed E-state index contributed by atoms with van der Waals surface area (Å²) in [7, 11) is 2.04. The molecule has 2 fully saturated rings. The monoisotopic (exact) mass is 318 g/mol. The lowest BCUT2D eigenvalue weighted by Gasteiger charge is -2.33. The SMILES string of the molecule is C[C@H]1CCC[C@@H](NC(=O)C2CCN(Cc3nccn3C)CC2)C1. The molecular formula is C18H30N4O. The third-order valence-electron chi connectivity index (χ3n) is 5.53. The zero-order valence-corrected chi connectivity index (χ0v) is 14.5. The standard InChI is InChI=1S/C18H30N4O/c1-14-4-3-5-16(12-14)20-18(23)15-6-9-22(10-7-15)13-17-19-8-11-21(17)2/h8,11,14-16H,3-7,9-10,12-13H2,1-2H3,(H,20,23)/t14-,16+/m0/s1. The molecule has 0 unspecified atom stereocenters. The number of imidazole rings is 1. The van der Waals surface area contributed by atoms with E-state index in [4.69, 9.17) is 0 Å². The molecule has 23 heavy (non-hydrogen) atoms. The summed E-state index contributed by atoms with van der Waals surface area (Å²) in [5.41, 5.74) is 0. The first-order valence-corrected chi connectivity index (χ1v) is 9.10. The van der Waals surface area contributed by atoms with Crippen molar-refractivity contribution in [3.8, 4) is 0 Å². The van der Waals surface area contributed by atoms with Crippen molar-refractivity contribution in [3.05, 3.63) is 18.2 Å². The van der Waals surface area contributed by atoms with E-state index in [1.807, 2.05) is 19.4 Å². The van der Waals surface area contributed by atoms with Crippen molar-refractivity contribution < 1.29 is 4.79 Å². The van der Waals surface area contributed by atoms with Gasteiger partial charge >= 0.3 is 0 Å². The van der Waals surface area contributed by atoms with Gasteiger partial charge in [0.15, 0.2) is 0 Å². The number of hydrogen-bond acceptors (Lipinski definition) is 3. The molecule has 5 nitrogen and oxygen atoms in total. The maximum absolute atomic E-state index is 12.5. The summed E-state index contributed by atoms with van der Waals surface area (Å²) in [5.74, 6) is 2.35. The van der Waals surface area contributed by atoms with Crippen molar-refractivity contribution in [2.75, 3.05) is 13.1 Å². The van der Waals surface area contributed by atoms with Crippen LogP contribution in [0.15, 0.2) is 12.4 Å². The third kappa shape index (κ3) is 4.34. The normalized spacial score (nSPS) is 27.0. The molecule has 2 atom stereocenters. The number of carbonyl (C=O) groups excluding carboxylic acids is 1. The molecule has 1 amide bonds. The highest BCUT2D eigenvalue weighted by Gasteiger charge is 2.28. The number of nitrogens with one attached hydrogen (secondary N) is 1. The van der Waals surface area contributed by atoms with E-state index in [2.05, 4.69) is 26.7 Å². The first-order valence-electron chi connectivity index (χ1n) is 9.10. The maximum Gasteiger partial charge on any atom is 0.223 e. The highest BCUT2D eigenvalue weighted by Crippen LogP contribution is 2.25. The van der Waals surface area contributed by atoms with E-state index < -0.39 is 0 Å². The van der Waals surface area contributed by atoms with Gasteiger partial charge < -0.3 is 9.88 Å². The van der Waals surface area contributed by atoms with Gasteiger partial charge in [-0.15, -0.1) is 0 Å². The van der Waals surface area contributed by atoms with Crippen LogP contribution in [0.2, 0.25) is 0 Å². The van der Waals surface area contributed by atoms with E-state index in [1.165, 1.54) is 12.8 Å². The van der Waals surface area contributed by atoms with Gasteiger partial charge in [-0.1, -0.05) is 19.8 Å². The van der Waals surface area contributed by atoms with Crippen LogP contribution < -0.4 is 5.32 Å². The van der Waals surface area contributed by atoms with Crippen molar-refractivity contribution >= 4 is 5.91 Å². The molecule has 1 aliphatic carbocycles. The lowest BCUT2D eigenvalue weighted by Crippen LogP contribution is -2.45. The Labute approximate surface area is 139 Å². The fraction of sp³-hybridized carbons (Fsp3) is 0.778. The van der Waals surface area contributed by atoms with Gasteiger partial charge in [0.05, 0.1) is 6.54 Å². The minimum atomic E-state index is 0.199. The summed E-state index contributed by atoms with van der Waals surface area (Å²) in [6.45, 7) is 5.17. The van der Waals surface area contributed by atoms with Gasteiger partial charge in [0.2, 0.25) is 5.91 Å². The number of aromatic nitrogens is 2. The molecule has 0 radical (unpaired) electrons. The van der Waals surface area contributed by atoms with Crippen molar-refractivity contribution in [3.63, 3.8) is 0 Å². The minimum Gasteiger partial charge on any atom is -0.353 e. The highest BCUT2D eigenvalue weighted by atomic mass is 16.1. The summed E-state index contributed by atoms with van der Waals surface area (Å²) < 4.78 is 2.07. The molecule has 3 rings (SSSR count). The molecule has 5 heteroatoms. The number of piperidine rings is 1. The predicted molar refractivity (Wildman–Crippen MR) is 90.8 cm³/mol. The van der Waals surface area contributed by atoms with Gasteiger partial charge in [-0.2, -0.15) is 0 Å². The number of hydrogen-bond donors (Lipinski definition) is 1. The van der Waals surface area contributed by atoms with Crippen LogP contribution in [-0.4, -0.2) is 39.5 Å². The molecule has 128 valence electrons. The number of amides is 1. The molecule has 1 N–H and O–H groups in total. The van der Waals surface area contributed by atoms with Crippen LogP contribution in [0.3, 0.4) is 0 Å². The zero-order chi connectivity index (χ0) is 16.2. The van der Waals surface area contributed by atoms with Crippen molar-refractivity contribution in [1.82, 2.24) is 19.8 Å². The second-order valence-electron chi connectivity index (χ2n) is 7.48. The molecule has 1 saturated carbocycles. The largest absolute Gasteiger partial charge is 0.353 e. The van der Waals surface area contributed by atoms with Gasteiger partial charge in [0.1, 0.15) is 5.82 Å². The van der Waals surface area contributed by atoms with Crippen molar-refractivity contribution in [2.24, 2.45) is 18.9 Å². The van der Waals surface area contributed by atoms with Gasteiger partial charge in [0.25, 0.3) is 0 Å². The Bertz CT molecular complexity index is 519. The minimum absolute atomic E-state index is 0.199. The lowest BCUT2D eigenvalue weighted by molar-refractivity contribution is -0.127. The fourth-order valence-corrected chi connectivity index (χ4v) is 3.99. The lowest BCUT2D eigenvalue weighted by atomic mass is 9.86. The molecule has 1 aromatic rings. The summed E-state index contributed by atoms with van der Waals surface area (Å²) >= 11 is 0. The number of aryl methyl sites for hydroxylation is 1. The Morgan fingerprint density at radius 2 is 2.09 bits per heavy atom. The quantitative estimate of drug-likeness (QED) is 0.927. The summed E-state index contributed by atoms with van der Waals surface area (Å²) in [4.78, 5) is 19.3. The molecule has 0 bridgehead atoms. The second-order valence-corrected chi connectivity index (χ2v) is 7.48. The Hall–Kier alpha value is -1.36. The average Bonchev–Trinajstić information content (AvgIpc) is 2.93. The van der Waals surface area contributed by atoms with Crippen molar-refractivity contribution in [1.29, 1.82) is 0 Å². The number of rotatable bonds is 4. The first kappa shape index (κ1) is 16.5. The van der Waals surface area contributed by atoms with Crippen LogP contribution in [0.4, 0.5) is 0 Å². The number of likely N-dealkylation sites (tertiary alicyclic amines) is 1. The fourth-order valence-electron chi connectivity index (χ4n) is 3.99. The second kappa shape index (κ2) is 7.47. The smallest absolute Gasteiger partial charge is 0.223 e. The molecule has 1 aliphatic heterocycles. The molecule has 2 heterocycles. The third-order valence-corrected chi connectivity index (χ3v) is 5.53. The average molecular weight is 318 g/mol. The van der Waals surface area contributed by atoms with Crippen LogP contribution in [-0.2, 0) is 18.4 Å². The summed E-state index contributed by atoms with van der Waals surface area (Å²) in [6.07, 6.45) is 10.7. The molecule has 0 spiro atoms. The zero-order valence-electron chi connectivity index (χ0n) is 14.5. The topological polar surface area (TPSA) is 50.2 Å². The number of carbonyl (C=O) groups is 1. The Kier molecular flexibility index (Phi) is 5.36. The van der Waals surface area contributed by atoms with Crippen LogP contribution in [0.5, 0.6) is 0 Å². The molecule has 1 aromatic heterocycles. The maximum atomic E-state index is 12.5. The highest BCUT2D eigenvalue weighted by molar-refractivity contribution is 5.79. The van der Waals surface area contributed by atoms with Gasteiger partial charge in [-0.05, 0) is 44.7 Å². The van der Waals surface area contributed by atoms with E-state index in [-0.39, 0.29) is 5.92 Å².